The number of benzene rings is 1. The highest BCUT2D eigenvalue weighted by atomic mass is 79.9. The molecule has 0 bridgehead atoms. The molecule has 0 fully saturated rings. The Morgan fingerprint density at radius 1 is 1.35 bits per heavy atom. The quantitative estimate of drug-likeness (QED) is 0.845. The lowest BCUT2D eigenvalue weighted by atomic mass is 9.84. The van der Waals surface area contributed by atoms with Crippen molar-refractivity contribution in [3.8, 4) is 0 Å². The first kappa shape index (κ1) is 17.2. The third-order valence-corrected chi connectivity index (χ3v) is 5.45. The maximum Gasteiger partial charge on any atom is 0.230 e. The van der Waals surface area contributed by atoms with Crippen LogP contribution in [-0.4, -0.2) is 32.4 Å². The SMILES string of the molecule is CCS(=O)(=O)CCNC(=O)C(C)(C)c1cccc(Br)c1. The molecule has 0 spiro atoms. The summed E-state index contributed by atoms with van der Waals surface area (Å²) >= 11 is 3.38. The lowest BCUT2D eigenvalue weighted by Gasteiger charge is -2.24. The summed E-state index contributed by atoms with van der Waals surface area (Å²) in [5.41, 5.74) is 0.169. The second kappa shape index (κ2) is 6.72. The summed E-state index contributed by atoms with van der Waals surface area (Å²) in [7, 11) is -3.05. The Morgan fingerprint density at radius 2 is 2.00 bits per heavy atom. The van der Waals surface area contributed by atoms with Crippen LogP contribution in [0.5, 0.6) is 0 Å². The molecule has 0 heterocycles. The molecule has 0 saturated heterocycles. The molecule has 0 saturated carbocycles. The van der Waals surface area contributed by atoms with Crippen molar-refractivity contribution in [1.29, 1.82) is 0 Å². The summed E-state index contributed by atoms with van der Waals surface area (Å²) in [4.78, 5) is 12.2. The van der Waals surface area contributed by atoms with Gasteiger partial charge in [0.25, 0.3) is 0 Å². The fourth-order valence-electron chi connectivity index (χ4n) is 1.69. The molecule has 1 rings (SSSR count). The van der Waals surface area contributed by atoms with E-state index < -0.39 is 15.3 Å². The van der Waals surface area contributed by atoms with Crippen LogP contribution in [0.1, 0.15) is 26.3 Å². The third-order valence-electron chi connectivity index (χ3n) is 3.25. The molecule has 6 heteroatoms. The summed E-state index contributed by atoms with van der Waals surface area (Å²) in [6.07, 6.45) is 0. The number of carbonyl (C=O) groups is 1. The Kier molecular flexibility index (Phi) is 5.77. The minimum absolute atomic E-state index is 0.0240. The Hall–Kier alpha value is -0.880. The van der Waals surface area contributed by atoms with Gasteiger partial charge in [0.2, 0.25) is 5.91 Å². The molecule has 1 aromatic rings. The van der Waals surface area contributed by atoms with E-state index in [-0.39, 0.29) is 24.0 Å². The van der Waals surface area contributed by atoms with E-state index >= 15 is 0 Å². The highest BCUT2D eigenvalue weighted by Gasteiger charge is 2.29. The summed E-state index contributed by atoms with van der Waals surface area (Å²) in [6, 6.07) is 7.54. The van der Waals surface area contributed by atoms with Gasteiger partial charge in [0.1, 0.15) is 0 Å². The number of hydrogen-bond donors (Lipinski definition) is 1. The number of carbonyl (C=O) groups excluding carboxylic acids is 1. The van der Waals surface area contributed by atoms with Gasteiger partial charge in [-0.15, -0.1) is 0 Å². The van der Waals surface area contributed by atoms with Crippen LogP contribution in [-0.2, 0) is 20.0 Å². The van der Waals surface area contributed by atoms with E-state index in [1.54, 1.807) is 6.92 Å². The molecular formula is C14H20BrNO3S. The zero-order valence-corrected chi connectivity index (χ0v) is 14.3. The van der Waals surface area contributed by atoms with Crippen LogP contribution in [0.25, 0.3) is 0 Å². The van der Waals surface area contributed by atoms with Crippen LogP contribution in [0.4, 0.5) is 0 Å². The Bertz CT molecular complexity index is 582. The van der Waals surface area contributed by atoms with E-state index in [4.69, 9.17) is 0 Å². The van der Waals surface area contributed by atoms with E-state index in [0.29, 0.717) is 0 Å². The van der Waals surface area contributed by atoms with Gasteiger partial charge in [0.15, 0.2) is 9.84 Å². The summed E-state index contributed by atoms with van der Waals surface area (Å²) < 4.78 is 23.7. The van der Waals surface area contributed by atoms with Crippen LogP contribution in [0.15, 0.2) is 28.7 Å². The first-order chi connectivity index (χ1) is 9.19. The fourth-order valence-corrected chi connectivity index (χ4v) is 2.79. The molecule has 0 radical (unpaired) electrons. The molecule has 0 aliphatic heterocycles. The molecule has 20 heavy (non-hydrogen) atoms. The van der Waals surface area contributed by atoms with E-state index in [0.717, 1.165) is 10.0 Å². The van der Waals surface area contributed by atoms with Crippen LogP contribution in [0, 0.1) is 0 Å². The van der Waals surface area contributed by atoms with Gasteiger partial charge in [-0.2, -0.15) is 0 Å². The summed E-state index contributed by atoms with van der Waals surface area (Å²) in [5.74, 6) is -0.108. The normalized spacial score (nSPS) is 12.2. The van der Waals surface area contributed by atoms with Crippen molar-refractivity contribution in [1.82, 2.24) is 5.32 Å². The minimum Gasteiger partial charge on any atom is -0.354 e. The fraction of sp³-hybridized carbons (Fsp3) is 0.500. The summed E-state index contributed by atoms with van der Waals surface area (Å²) in [6.45, 7) is 5.38. The molecule has 1 amide bonds. The van der Waals surface area contributed by atoms with E-state index in [1.807, 2.05) is 38.1 Å². The summed E-state index contributed by atoms with van der Waals surface area (Å²) in [5, 5.41) is 2.70. The van der Waals surface area contributed by atoms with Gasteiger partial charge in [-0.05, 0) is 31.5 Å². The predicted octanol–water partition coefficient (Wildman–Crippen LogP) is 2.28. The number of nitrogens with one attached hydrogen (secondary N) is 1. The highest BCUT2D eigenvalue weighted by Crippen LogP contribution is 2.25. The van der Waals surface area contributed by atoms with Crippen molar-refractivity contribution in [3.05, 3.63) is 34.3 Å². The third kappa shape index (κ3) is 4.59. The second-order valence-electron chi connectivity index (χ2n) is 5.13. The maximum atomic E-state index is 12.2. The van der Waals surface area contributed by atoms with E-state index in [9.17, 15) is 13.2 Å². The highest BCUT2D eigenvalue weighted by molar-refractivity contribution is 9.10. The molecule has 0 atom stereocenters. The number of amides is 1. The van der Waals surface area contributed by atoms with Crippen molar-refractivity contribution in [2.75, 3.05) is 18.1 Å². The molecule has 0 unspecified atom stereocenters. The topological polar surface area (TPSA) is 63.2 Å². The van der Waals surface area contributed by atoms with Crippen LogP contribution < -0.4 is 5.32 Å². The van der Waals surface area contributed by atoms with Gasteiger partial charge in [-0.3, -0.25) is 4.79 Å². The molecule has 112 valence electrons. The lowest BCUT2D eigenvalue weighted by Crippen LogP contribution is -2.42. The molecule has 0 aliphatic carbocycles. The number of halogens is 1. The Labute approximate surface area is 129 Å². The van der Waals surface area contributed by atoms with Gasteiger partial charge < -0.3 is 5.32 Å². The molecule has 1 N–H and O–H groups in total. The van der Waals surface area contributed by atoms with Crippen molar-refractivity contribution < 1.29 is 13.2 Å². The van der Waals surface area contributed by atoms with Gasteiger partial charge in [-0.25, -0.2) is 8.42 Å². The van der Waals surface area contributed by atoms with Crippen molar-refractivity contribution in [2.45, 2.75) is 26.2 Å². The first-order valence-corrected chi connectivity index (χ1v) is 9.05. The van der Waals surface area contributed by atoms with Gasteiger partial charge in [0.05, 0.1) is 11.2 Å². The maximum absolute atomic E-state index is 12.2. The molecule has 0 aliphatic rings. The predicted molar refractivity (Wildman–Crippen MR) is 84.5 cm³/mol. The van der Waals surface area contributed by atoms with Crippen molar-refractivity contribution in [2.24, 2.45) is 0 Å². The first-order valence-electron chi connectivity index (χ1n) is 6.44. The van der Waals surface area contributed by atoms with Crippen LogP contribution in [0.2, 0.25) is 0 Å². The Balaban J connectivity index is 2.71. The van der Waals surface area contributed by atoms with Crippen LogP contribution >= 0.6 is 15.9 Å². The van der Waals surface area contributed by atoms with E-state index in [2.05, 4.69) is 21.2 Å². The van der Waals surface area contributed by atoms with Gasteiger partial charge in [-0.1, -0.05) is 35.0 Å². The smallest absolute Gasteiger partial charge is 0.230 e. The average Bonchev–Trinajstić information content (AvgIpc) is 2.38. The Morgan fingerprint density at radius 3 is 2.55 bits per heavy atom. The monoisotopic (exact) mass is 361 g/mol. The van der Waals surface area contributed by atoms with Crippen molar-refractivity contribution >= 4 is 31.7 Å². The lowest BCUT2D eigenvalue weighted by molar-refractivity contribution is -0.125. The molecule has 1 aromatic carbocycles. The number of rotatable bonds is 6. The standard InChI is InChI=1S/C14H20BrNO3S/c1-4-20(18,19)9-8-16-13(17)14(2,3)11-6-5-7-12(15)10-11/h5-7,10H,4,8-9H2,1-3H3,(H,16,17). The zero-order chi connectivity index (χ0) is 15.4. The van der Waals surface area contributed by atoms with Gasteiger partial charge in [0, 0.05) is 16.8 Å². The minimum atomic E-state index is -3.05. The zero-order valence-electron chi connectivity index (χ0n) is 11.9. The average molecular weight is 362 g/mol. The number of sulfone groups is 1. The number of hydrogen-bond acceptors (Lipinski definition) is 3. The van der Waals surface area contributed by atoms with E-state index in [1.165, 1.54) is 0 Å². The van der Waals surface area contributed by atoms with Crippen LogP contribution in [0.3, 0.4) is 0 Å². The largest absolute Gasteiger partial charge is 0.354 e. The second-order valence-corrected chi connectivity index (χ2v) is 8.52. The molecule has 0 aromatic heterocycles. The molecular weight excluding hydrogens is 342 g/mol. The molecule has 4 nitrogen and oxygen atoms in total. The van der Waals surface area contributed by atoms with Crippen molar-refractivity contribution in [3.63, 3.8) is 0 Å². The van der Waals surface area contributed by atoms with Gasteiger partial charge >= 0.3 is 0 Å².